The van der Waals surface area contributed by atoms with Crippen LogP contribution in [0.3, 0.4) is 0 Å². The van der Waals surface area contributed by atoms with Gasteiger partial charge in [0.1, 0.15) is 0 Å². The summed E-state index contributed by atoms with van der Waals surface area (Å²) in [6.07, 6.45) is 2.27. The van der Waals surface area contributed by atoms with Crippen molar-refractivity contribution in [3.05, 3.63) is 11.6 Å². The van der Waals surface area contributed by atoms with Gasteiger partial charge in [0.15, 0.2) is 0 Å². The third-order valence-electron chi connectivity index (χ3n) is 1.36. The molecular formula is C6H11N. The minimum absolute atomic E-state index is 0.796. The average molecular weight is 97.2 g/mol. The van der Waals surface area contributed by atoms with E-state index in [4.69, 9.17) is 0 Å². The van der Waals surface area contributed by atoms with Gasteiger partial charge in [0.05, 0.1) is 0 Å². The van der Waals surface area contributed by atoms with E-state index in [1.54, 1.807) is 0 Å². The van der Waals surface area contributed by atoms with Crippen LogP contribution >= 0.6 is 0 Å². The first-order valence-corrected chi connectivity index (χ1v) is 2.67. The smallest absolute Gasteiger partial charge is 0.0102 e. The fourth-order valence-corrected chi connectivity index (χ4v) is 0.709. The number of hydrogen-bond acceptors (Lipinski definition) is 1. The highest BCUT2D eigenvalue weighted by Gasteiger charge is 2.17. The van der Waals surface area contributed by atoms with E-state index in [0.29, 0.717) is 0 Å². The molecule has 0 spiro atoms. The van der Waals surface area contributed by atoms with Crippen molar-refractivity contribution < 1.29 is 0 Å². The van der Waals surface area contributed by atoms with Crippen LogP contribution in [0.1, 0.15) is 6.92 Å². The molecule has 0 fully saturated rings. The highest BCUT2D eigenvalue weighted by atomic mass is 14.8. The molecule has 1 unspecified atom stereocenters. The summed E-state index contributed by atoms with van der Waals surface area (Å²) in [5.41, 5.74) is 1.54. The summed E-state index contributed by atoms with van der Waals surface area (Å²) < 4.78 is 0. The fraction of sp³-hybridized carbons (Fsp3) is 0.667. The first-order valence-electron chi connectivity index (χ1n) is 2.67. The van der Waals surface area contributed by atoms with E-state index in [0.717, 1.165) is 12.5 Å². The molecule has 0 aromatic carbocycles. The quantitative estimate of drug-likeness (QED) is 0.502. The Labute approximate surface area is 44.4 Å². The number of hydrogen-bond donors (Lipinski definition) is 1. The predicted molar refractivity (Wildman–Crippen MR) is 31.2 cm³/mol. The largest absolute Gasteiger partial charge is 0.319 e. The number of rotatable bonds is 2. The van der Waals surface area contributed by atoms with Crippen LogP contribution in [0.2, 0.25) is 0 Å². The van der Waals surface area contributed by atoms with Gasteiger partial charge in [-0.15, -0.1) is 0 Å². The molecule has 1 rings (SSSR count). The Hall–Kier alpha value is -0.300. The molecule has 0 bridgehead atoms. The van der Waals surface area contributed by atoms with E-state index >= 15 is 0 Å². The molecule has 1 aliphatic rings. The maximum Gasteiger partial charge on any atom is 0.0102 e. The Kier molecular flexibility index (Phi) is 1.15. The molecule has 1 atom stereocenters. The molecule has 0 aromatic heterocycles. The summed E-state index contributed by atoms with van der Waals surface area (Å²) >= 11 is 0. The summed E-state index contributed by atoms with van der Waals surface area (Å²) in [7, 11) is 1.99. The lowest BCUT2D eigenvalue weighted by Gasteiger charge is -1.91. The van der Waals surface area contributed by atoms with E-state index in [2.05, 4.69) is 18.3 Å². The van der Waals surface area contributed by atoms with Crippen LogP contribution in [-0.4, -0.2) is 13.6 Å². The van der Waals surface area contributed by atoms with Gasteiger partial charge in [0.25, 0.3) is 0 Å². The molecular weight excluding hydrogens is 86.1 g/mol. The second kappa shape index (κ2) is 1.66. The van der Waals surface area contributed by atoms with Gasteiger partial charge in [0, 0.05) is 12.5 Å². The minimum atomic E-state index is 0.796. The lowest BCUT2D eigenvalue weighted by molar-refractivity contribution is 0.741. The standard InChI is InChI=1S/C6H11N/c1-5-3-6(5)4-7-2/h3,6-7H,4H2,1-2H3. The average Bonchev–Trinajstić information content (AvgIpc) is 2.22. The lowest BCUT2D eigenvalue weighted by Crippen LogP contribution is -2.10. The van der Waals surface area contributed by atoms with Crippen LogP contribution in [-0.2, 0) is 0 Å². The van der Waals surface area contributed by atoms with Gasteiger partial charge >= 0.3 is 0 Å². The maximum atomic E-state index is 3.11. The second-order valence-electron chi connectivity index (χ2n) is 2.07. The third kappa shape index (κ3) is 1.03. The van der Waals surface area contributed by atoms with Crippen molar-refractivity contribution in [2.45, 2.75) is 6.92 Å². The van der Waals surface area contributed by atoms with Crippen LogP contribution < -0.4 is 5.32 Å². The van der Waals surface area contributed by atoms with Crippen molar-refractivity contribution in [3.63, 3.8) is 0 Å². The molecule has 0 saturated carbocycles. The molecule has 0 heterocycles. The van der Waals surface area contributed by atoms with Crippen LogP contribution in [0.15, 0.2) is 11.6 Å². The molecule has 0 saturated heterocycles. The van der Waals surface area contributed by atoms with Crippen molar-refractivity contribution in [2.75, 3.05) is 13.6 Å². The Morgan fingerprint density at radius 2 is 2.43 bits per heavy atom. The Morgan fingerprint density at radius 3 is 2.57 bits per heavy atom. The zero-order chi connectivity index (χ0) is 5.28. The molecule has 40 valence electrons. The van der Waals surface area contributed by atoms with Crippen molar-refractivity contribution >= 4 is 0 Å². The van der Waals surface area contributed by atoms with E-state index < -0.39 is 0 Å². The van der Waals surface area contributed by atoms with E-state index in [1.165, 1.54) is 5.57 Å². The van der Waals surface area contributed by atoms with E-state index in [-0.39, 0.29) is 0 Å². The highest BCUT2D eigenvalue weighted by molar-refractivity contribution is 5.26. The van der Waals surface area contributed by atoms with Gasteiger partial charge in [0.2, 0.25) is 0 Å². The molecule has 1 N–H and O–H groups in total. The topological polar surface area (TPSA) is 12.0 Å². The summed E-state index contributed by atoms with van der Waals surface area (Å²) in [6, 6.07) is 0. The Balaban J connectivity index is 2.03. The molecule has 1 aliphatic carbocycles. The van der Waals surface area contributed by atoms with Crippen LogP contribution in [0.25, 0.3) is 0 Å². The molecule has 0 aliphatic heterocycles. The predicted octanol–water partition coefficient (Wildman–Crippen LogP) is 0.782. The minimum Gasteiger partial charge on any atom is -0.319 e. The SMILES string of the molecule is CNCC1C=C1C. The van der Waals surface area contributed by atoms with Crippen molar-refractivity contribution in [1.29, 1.82) is 0 Å². The van der Waals surface area contributed by atoms with E-state index in [9.17, 15) is 0 Å². The fourth-order valence-electron chi connectivity index (χ4n) is 0.709. The van der Waals surface area contributed by atoms with Crippen LogP contribution in [0.4, 0.5) is 0 Å². The van der Waals surface area contributed by atoms with Gasteiger partial charge in [-0.1, -0.05) is 11.6 Å². The van der Waals surface area contributed by atoms with Gasteiger partial charge in [-0.3, -0.25) is 0 Å². The van der Waals surface area contributed by atoms with Crippen molar-refractivity contribution in [3.8, 4) is 0 Å². The van der Waals surface area contributed by atoms with Crippen molar-refractivity contribution in [2.24, 2.45) is 5.92 Å². The van der Waals surface area contributed by atoms with Gasteiger partial charge < -0.3 is 5.32 Å². The summed E-state index contributed by atoms with van der Waals surface area (Å²) in [5, 5.41) is 3.11. The molecule has 0 amide bonds. The summed E-state index contributed by atoms with van der Waals surface area (Å²) in [4.78, 5) is 0. The Morgan fingerprint density at radius 1 is 1.86 bits per heavy atom. The molecule has 0 radical (unpaired) electrons. The Bertz CT molecular complexity index is 94.4. The molecule has 1 nitrogen and oxygen atoms in total. The van der Waals surface area contributed by atoms with Crippen LogP contribution in [0.5, 0.6) is 0 Å². The maximum absolute atomic E-state index is 3.11. The van der Waals surface area contributed by atoms with Crippen molar-refractivity contribution in [1.82, 2.24) is 5.32 Å². The highest BCUT2D eigenvalue weighted by Crippen LogP contribution is 2.25. The molecule has 0 aromatic rings. The lowest BCUT2D eigenvalue weighted by atomic mass is 10.3. The first kappa shape index (κ1) is 4.85. The van der Waals surface area contributed by atoms with Gasteiger partial charge in [-0.2, -0.15) is 0 Å². The third-order valence-corrected chi connectivity index (χ3v) is 1.36. The zero-order valence-corrected chi connectivity index (χ0v) is 4.86. The monoisotopic (exact) mass is 97.1 g/mol. The molecule has 1 heteroatoms. The molecule has 7 heavy (non-hydrogen) atoms. The van der Waals surface area contributed by atoms with Crippen LogP contribution in [0, 0.1) is 5.92 Å². The first-order chi connectivity index (χ1) is 3.34. The van der Waals surface area contributed by atoms with E-state index in [1.807, 2.05) is 7.05 Å². The number of nitrogens with one attached hydrogen (secondary N) is 1. The zero-order valence-electron chi connectivity index (χ0n) is 4.86. The summed E-state index contributed by atoms with van der Waals surface area (Å²) in [6.45, 7) is 3.30. The van der Waals surface area contributed by atoms with Gasteiger partial charge in [-0.25, -0.2) is 0 Å². The normalized spacial score (nSPS) is 27.1. The second-order valence-corrected chi connectivity index (χ2v) is 2.07. The van der Waals surface area contributed by atoms with Gasteiger partial charge in [-0.05, 0) is 14.0 Å². The summed E-state index contributed by atoms with van der Waals surface area (Å²) in [5.74, 6) is 0.796.